The van der Waals surface area contributed by atoms with Crippen molar-refractivity contribution in [3.05, 3.63) is 0 Å². The molecule has 4 rings (SSSR count). The maximum atomic E-state index is 12.8. The molecule has 2 aliphatic heterocycles. The van der Waals surface area contributed by atoms with Crippen LogP contribution in [0.2, 0.25) is 0 Å². The highest BCUT2D eigenvalue weighted by Gasteiger charge is 2.55. The molecule has 3 heteroatoms. The molecule has 0 bridgehead atoms. The third-order valence-corrected chi connectivity index (χ3v) is 6.22. The van der Waals surface area contributed by atoms with E-state index in [1.165, 1.54) is 19.3 Å². The van der Waals surface area contributed by atoms with Crippen LogP contribution in [0.4, 0.5) is 0 Å². The fourth-order valence-corrected chi connectivity index (χ4v) is 4.93. The van der Waals surface area contributed by atoms with Crippen molar-refractivity contribution >= 4 is 5.91 Å². The van der Waals surface area contributed by atoms with Gasteiger partial charge in [-0.2, -0.15) is 0 Å². The zero-order valence-corrected chi connectivity index (χ0v) is 11.5. The Balaban J connectivity index is 1.52. The molecule has 2 aliphatic carbocycles. The van der Waals surface area contributed by atoms with Crippen LogP contribution in [-0.4, -0.2) is 36.0 Å². The van der Waals surface area contributed by atoms with Crippen LogP contribution in [0.1, 0.15) is 33.1 Å². The summed E-state index contributed by atoms with van der Waals surface area (Å²) in [5.74, 6) is 4.01. The molecule has 18 heavy (non-hydrogen) atoms. The van der Waals surface area contributed by atoms with Gasteiger partial charge in [0.2, 0.25) is 5.91 Å². The zero-order valence-electron chi connectivity index (χ0n) is 11.5. The van der Waals surface area contributed by atoms with E-state index in [1.54, 1.807) is 0 Å². The molecule has 100 valence electrons. The van der Waals surface area contributed by atoms with E-state index in [0.29, 0.717) is 23.7 Å². The van der Waals surface area contributed by atoms with E-state index in [2.05, 4.69) is 24.1 Å². The highest BCUT2D eigenvalue weighted by molar-refractivity contribution is 5.80. The molecule has 3 nitrogen and oxygen atoms in total. The first-order valence-electron chi connectivity index (χ1n) is 7.59. The quantitative estimate of drug-likeness (QED) is 0.762. The summed E-state index contributed by atoms with van der Waals surface area (Å²) >= 11 is 0. The third kappa shape index (κ3) is 1.43. The fraction of sp³-hybridized carbons (Fsp3) is 0.933. The maximum absolute atomic E-state index is 12.8. The normalized spacial score (nSPS) is 48.1. The lowest BCUT2D eigenvalue weighted by Gasteiger charge is -2.37. The van der Waals surface area contributed by atoms with Crippen molar-refractivity contribution in [3.8, 4) is 0 Å². The Morgan fingerprint density at radius 1 is 1.11 bits per heavy atom. The first kappa shape index (κ1) is 11.3. The smallest absolute Gasteiger partial charge is 0.226 e. The number of fused-ring (bicyclic) bond motifs is 2. The Morgan fingerprint density at radius 3 is 2.50 bits per heavy atom. The van der Waals surface area contributed by atoms with Crippen LogP contribution in [0, 0.1) is 29.6 Å². The van der Waals surface area contributed by atoms with Gasteiger partial charge in [-0.25, -0.2) is 0 Å². The highest BCUT2D eigenvalue weighted by Crippen LogP contribution is 2.55. The van der Waals surface area contributed by atoms with Crippen molar-refractivity contribution < 1.29 is 4.79 Å². The van der Waals surface area contributed by atoms with E-state index in [1.807, 2.05) is 0 Å². The van der Waals surface area contributed by atoms with Gasteiger partial charge in [0.05, 0.1) is 0 Å². The summed E-state index contributed by atoms with van der Waals surface area (Å²) in [6.45, 7) is 7.75. The summed E-state index contributed by atoms with van der Waals surface area (Å²) in [6.07, 6.45) is 3.77. The molecule has 4 unspecified atom stereocenters. The van der Waals surface area contributed by atoms with E-state index in [4.69, 9.17) is 0 Å². The molecule has 2 saturated heterocycles. The molecule has 0 spiro atoms. The van der Waals surface area contributed by atoms with E-state index < -0.39 is 0 Å². The van der Waals surface area contributed by atoms with Crippen LogP contribution in [0.25, 0.3) is 0 Å². The molecular formula is C15H24N2O. The number of carbonyl (C=O) groups is 1. The zero-order chi connectivity index (χ0) is 12.5. The average molecular weight is 248 g/mol. The molecule has 2 saturated carbocycles. The molecule has 4 fully saturated rings. The summed E-state index contributed by atoms with van der Waals surface area (Å²) in [6, 6.07) is 0. The number of rotatable bonds is 1. The van der Waals surface area contributed by atoms with Crippen molar-refractivity contribution in [2.45, 2.75) is 38.6 Å². The Labute approximate surface area is 109 Å². The summed E-state index contributed by atoms with van der Waals surface area (Å²) in [7, 11) is 0. The minimum atomic E-state index is 0.0675. The Kier molecular flexibility index (Phi) is 2.19. The number of carbonyl (C=O) groups excluding carboxylic acids is 1. The lowest BCUT2D eigenvalue weighted by Crippen LogP contribution is -2.49. The fourth-order valence-electron chi connectivity index (χ4n) is 4.93. The van der Waals surface area contributed by atoms with Crippen LogP contribution in [0.5, 0.6) is 0 Å². The first-order valence-corrected chi connectivity index (χ1v) is 7.59. The van der Waals surface area contributed by atoms with Gasteiger partial charge in [0.15, 0.2) is 0 Å². The standard InChI is InChI=1S/C15H24N2O/c1-15(2)13-7-16-6-12(13)8-17(15)14(18)11-4-9-3-10(9)5-11/h9-13,16H,3-8H2,1-2H3. The topological polar surface area (TPSA) is 32.3 Å². The molecule has 1 amide bonds. The van der Waals surface area contributed by atoms with Crippen molar-refractivity contribution in [3.63, 3.8) is 0 Å². The number of amides is 1. The number of hydrogen-bond donors (Lipinski definition) is 1. The average Bonchev–Trinajstić information content (AvgIpc) is 2.75. The van der Waals surface area contributed by atoms with E-state index in [0.717, 1.165) is 31.5 Å². The van der Waals surface area contributed by atoms with Crippen LogP contribution in [-0.2, 0) is 4.79 Å². The monoisotopic (exact) mass is 248 g/mol. The molecule has 1 N–H and O–H groups in total. The Morgan fingerprint density at radius 2 is 1.83 bits per heavy atom. The number of likely N-dealkylation sites (tertiary alicyclic amines) is 1. The largest absolute Gasteiger partial charge is 0.337 e. The molecule has 0 radical (unpaired) electrons. The summed E-state index contributed by atoms with van der Waals surface area (Å²) < 4.78 is 0. The van der Waals surface area contributed by atoms with Gasteiger partial charge < -0.3 is 10.2 Å². The molecular weight excluding hydrogens is 224 g/mol. The predicted octanol–water partition coefficient (Wildman–Crippen LogP) is 1.49. The van der Waals surface area contributed by atoms with Gasteiger partial charge in [0, 0.05) is 31.1 Å². The van der Waals surface area contributed by atoms with Crippen LogP contribution in [0.15, 0.2) is 0 Å². The SMILES string of the molecule is CC1(C)C2CNCC2CN1C(=O)C1CC2CC2C1. The van der Waals surface area contributed by atoms with Crippen molar-refractivity contribution in [2.75, 3.05) is 19.6 Å². The van der Waals surface area contributed by atoms with Gasteiger partial charge in [-0.3, -0.25) is 4.79 Å². The summed E-state index contributed by atoms with van der Waals surface area (Å²) in [5.41, 5.74) is 0.0675. The number of nitrogens with zero attached hydrogens (tertiary/aromatic N) is 1. The molecule has 2 heterocycles. The van der Waals surface area contributed by atoms with E-state index in [-0.39, 0.29) is 5.54 Å². The second-order valence-corrected chi connectivity index (χ2v) is 7.55. The van der Waals surface area contributed by atoms with Gasteiger partial charge in [-0.1, -0.05) is 0 Å². The number of hydrogen-bond acceptors (Lipinski definition) is 2. The van der Waals surface area contributed by atoms with Crippen molar-refractivity contribution in [1.82, 2.24) is 10.2 Å². The minimum absolute atomic E-state index is 0.0675. The van der Waals surface area contributed by atoms with Crippen LogP contribution in [0.3, 0.4) is 0 Å². The van der Waals surface area contributed by atoms with Gasteiger partial charge in [0.1, 0.15) is 0 Å². The van der Waals surface area contributed by atoms with Gasteiger partial charge in [-0.05, 0) is 56.8 Å². The third-order valence-electron chi connectivity index (χ3n) is 6.22. The maximum Gasteiger partial charge on any atom is 0.226 e. The number of nitrogens with one attached hydrogen (secondary N) is 1. The molecule has 4 atom stereocenters. The molecule has 0 aromatic heterocycles. The van der Waals surface area contributed by atoms with E-state index in [9.17, 15) is 4.79 Å². The molecule has 0 aromatic carbocycles. The molecule has 4 aliphatic rings. The van der Waals surface area contributed by atoms with Gasteiger partial charge >= 0.3 is 0 Å². The summed E-state index contributed by atoms with van der Waals surface area (Å²) in [4.78, 5) is 15.0. The first-order chi connectivity index (χ1) is 8.57. The van der Waals surface area contributed by atoms with Crippen molar-refractivity contribution in [1.29, 1.82) is 0 Å². The van der Waals surface area contributed by atoms with Gasteiger partial charge in [0.25, 0.3) is 0 Å². The Hall–Kier alpha value is -0.570. The minimum Gasteiger partial charge on any atom is -0.337 e. The second-order valence-electron chi connectivity index (χ2n) is 7.55. The van der Waals surface area contributed by atoms with Crippen molar-refractivity contribution in [2.24, 2.45) is 29.6 Å². The summed E-state index contributed by atoms with van der Waals surface area (Å²) in [5, 5.41) is 3.49. The van der Waals surface area contributed by atoms with E-state index >= 15 is 0 Å². The van der Waals surface area contributed by atoms with Gasteiger partial charge in [-0.15, -0.1) is 0 Å². The second kappa shape index (κ2) is 3.50. The lowest BCUT2D eigenvalue weighted by atomic mass is 9.84. The molecule has 0 aromatic rings. The Bertz CT molecular complexity index is 382. The predicted molar refractivity (Wildman–Crippen MR) is 70.0 cm³/mol. The van der Waals surface area contributed by atoms with Crippen LogP contribution >= 0.6 is 0 Å². The highest BCUT2D eigenvalue weighted by atomic mass is 16.2. The van der Waals surface area contributed by atoms with Crippen LogP contribution < -0.4 is 5.32 Å². The lowest BCUT2D eigenvalue weighted by molar-refractivity contribution is -0.139.